The molecule has 82 valence electrons. The van der Waals surface area contributed by atoms with Crippen LogP contribution in [-0.2, 0) is 0 Å². The molecule has 4 heteroatoms. The Kier molecular flexibility index (Phi) is 3.01. The summed E-state index contributed by atoms with van der Waals surface area (Å²) in [5.41, 5.74) is 0.993. The molecule has 1 aromatic heterocycles. The Labute approximate surface area is 98.4 Å². The molecule has 0 aliphatic rings. The molecular formula is C12H12N2OS. The van der Waals surface area contributed by atoms with Crippen molar-refractivity contribution in [3.63, 3.8) is 0 Å². The van der Waals surface area contributed by atoms with Crippen LogP contribution in [0.1, 0.15) is 18.5 Å². The average molecular weight is 232 g/mol. The lowest BCUT2D eigenvalue weighted by molar-refractivity contribution is 0.610. The minimum Gasteiger partial charge on any atom is -0.318 e. The summed E-state index contributed by atoms with van der Waals surface area (Å²) in [6, 6.07) is 11.6. The van der Waals surface area contributed by atoms with Crippen molar-refractivity contribution in [2.24, 2.45) is 0 Å². The van der Waals surface area contributed by atoms with E-state index in [1.807, 2.05) is 41.8 Å². The summed E-state index contributed by atoms with van der Waals surface area (Å²) in [5, 5.41) is 0. The minimum absolute atomic E-state index is 0.116. The van der Waals surface area contributed by atoms with Gasteiger partial charge in [0, 0.05) is 12.3 Å². The van der Waals surface area contributed by atoms with Crippen LogP contribution in [0.2, 0.25) is 0 Å². The van der Waals surface area contributed by atoms with Crippen LogP contribution in [0.5, 0.6) is 0 Å². The third-order valence-electron chi connectivity index (χ3n) is 2.55. The van der Waals surface area contributed by atoms with Crippen LogP contribution in [0.4, 0.5) is 0 Å². The highest BCUT2D eigenvalue weighted by molar-refractivity contribution is 7.71. The summed E-state index contributed by atoms with van der Waals surface area (Å²) < 4.78 is 2.32. The molecule has 1 unspecified atom stereocenters. The van der Waals surface area contributed by atoms with Crippen LogP contribution in [0.15, 0.2) is 47.4 Å². The SMILES string of the molecule is CC(c1ccccc1)n1ccc(=O)[nH]c1=S. The number of rotatable bonds is 2. The first-order valence-electron chi connectivity index (χ1n) is 5.05. The van der Waals surface area contributed by atoms with E-state index in [0.717, 1.165) is 5.56 Å². The number of nitrogens with one attached hydrogen (secondary N) is 1. The van der Waals surface area contributed by atoms with E-state index in [-0.39, 0.29) is 11.6 Å². The van der Waals surface area contributed by atoms with E-state index in [1.54, 1.807) is 6.20 Å². The van der Waals surface area contributed by atoms with E-state index < -0.39 is 0 Å². The van der Waals surface area contributed by atoms with Gasteiger partial charge in [0.1, 0.15) is 0 Å². The van der Waals surface area contributed by atoms with Gasteiger partial charge in [-0.15, -0.1) is 0 Å². The van der Waals surface area contributed by atoms with Crippen molar-refractivity contribution < 1.29 is 0 Å². The van der Waals surface area contributed by atoms with Crippen molar-refractivity contribution in [2.45, 2.75) is 13.0 Å². The highest BCUT2D eigenvalue weighted by atomic mass is 32.1. The Hall–Kier alpha value is -1.68. The average Bonchev–Trinajstić information content (AvgIpc) is 2.29. The molecular weight excluding hydrogens is 220 g/mol. The molecule has 2 aromatic rings. The van der Waals surface area contributed by atoms with Gasteiger partial charge in [-0.2, -0.15) is 0 Å². The molecule has 0 radical (unpaired) electrons. The van der Waals surface area contributed by atoms with Crippen molar-refractivity contribution in [3.8, 4) is 0 Å². The highest BCUT2D eigenvalue weighted by Crippen LogP contribution is 2.16. The number of aromatic amines is 1. The first-order valence-corrected chi connectivity index (χ1v) is 5.46. The smallest absolute Gasteiger partial charge is 0.251 e. The molecule has 0 aliphatic heterocycles. The van der Waals surface area contributed by atoms with Gasteiger partial charge in [-0.3, -0.25) is 9.78 Å². The summed E-state index contributed by atoms with van der Waals surface area (Å²) in [5.74, 6) is 0. The number of benzene rings is 1. The van der Waals surface area contributed by atoms with E-state index in [0.29, 0.717) is 4.77 Å². The number of aromatic nitrogens is 2. The number of hydrogen-bond donors (Lipinski definition) is 1. The van der Waals surface area contributed by atoms with Gasteiger partial charge >= 0.3 is 0 Å². The topological polar surface area (TPSA) is 37.8 Å². The Balaban J connectivity index is 2.46. The molecule has 0 aliphatic carbocycles. The largest absolute Gasteiger partial charge is 0.318 e. The zero-order valence-corrected chi connectivity index (χ0v) is 9.70. The number of nitrogens with zero attached hydrogens (tertiary/aromatic N) is 1. The molecule has 3 nitrogen and oxygen atoms in total. The van der Waals surface area contributed by atoms with Crippen LogP contribution in [0.25, 0.3) is 0 Å². The molecule has 0 saturated heterocycles. The predicted molar refractivity (Wildman–Crippen MR) is 66.1 cm³/mol. The zero-order valence-electron chi connectivity index (χ0n) is 8.88. The van der Waals surface area contributed by atoms with Crippen molar-refractivity contribution in [1.29, 1.82) is 0 Å². The zero-order chi connectivity index (χ0) is 11.5. The van der Waals surface area contributed by atoms with Gasteiger partial charge < -0.3 is 4.57 Å². The van der Waals surface area contributed by atoms with Gasteiger partial charge in [-0.05, 0) is 24.7 Å². The van der Waals surface area contributed by atoms with Gasteiger partial charge in [0.25, 0.3) is 5.56 Å². The highest BCUT2D eigenvalue weighted by Gasteiger charge is 2.06. The Morgan fingerprint density at radius 3 is 2.56 bits per heavy atom. The van der Waals surface area contributed by atoms with Crippen LogP contribution in [0, 0.1) is 4.77 Å². The van der Waals surface area contributed by atoms with Gasteiger partial charge in [0.15, 0.2) is 4.77 Å². The summed E-state index contributed by atoms with van der Waals surface area (Å²) in [7, 11) is 0. The molecule has 0 bridgehead atoms. The molecule has 0 spiro atoms. The predicted octanol–water partition coefficient (Wildman–Crippen LogP) is 2.52. The number of H-pyrrole nitrogens is 1. The van der Waals surface area contributed by atoms with Gasteiger partial charge in [0.2, 0.25) is 0 Å². The lowest BCUT2D eigenvalue weighted by Gasteiger charge is -2.15. The molecule has 0 saturated carbocycles. The minimum atomic E-state index is -0.165. The quantitative estimate of drug-likeness (QED) is 0.808. The van der Waals surface area contributed by atoms with Crippen LogP contribution in [0.3, 0.4) is 0 Å². The molecule has 2 rings (SSSR count). The first kappa shape index (κ1) is 10.8. The van der Waals surface area contributed by atoms with E-state index in [1.165, 1.54) is 6.07 Å². The molecule has 0 amide bonds. The fraction of sp³-hybridized carbons (Fsp3) is 0.167. The van der Waals surface area contributed by atoms with Crippen LogP contribution < -0.4 is 5.56 Å². The van der Waals surface area contributed by atoms with Crippen molar-refractivity contribution in [1.82, 2.24) is 9.55 Å². The monoisotopic (exact) mass is 232 g/mol. The molecule has 1 atom stereocenters. The number of hydrogen-bond acceptors (Lipinski definition) is 2. The van der Waals surface area contributed by atoms with Crippen molar-refractivity contribution in [3.05, 3.63) is 63.3 Å². The maximum atomic E-state index is 11.1. The Morgan fingerprint density at radius 2 is 1.94 bits per heavy atom. The lowest BCUT2D eigenvalue weighted by atomic mass is 10.1. The van der Waals surface area contributed by atoms with Gasteiger partial charge in [0.05, 0.1) is 6.04 Å². The van der Waals surface area contributed by atoms with Gasteiger partial charge in [-0.1, -0.05) is 30.3 Å². The Morgan fingerprint density at radius 1 is 1.25 bits per heavy atom. The summed E-state index contributed by atoms with van der Waals surface area (Å²) in [4.78, 5) is 13.7. The summed E-state index contributed by atoms with van der Waals surface area (Å²) in [6.07, 6.45) is 1.72. The fourth-order valence-electron chi connectivity index (χ4n) is 1.62. The fourth-order valence-corrected chi connectivity index (χ4v) is 1.94. The first-order chi connectivity index (χ1) is 7.68. The van der Waals surface area contributed by atoms with Crippen molar-refractivity contribution in [2.75, 3.05) is 0 Å². The normalized spacial score (nSPS) is 12.3. The van der Waals surface area contributed by atoms with E-state index >= 15 is 0 Å². The van der Waals surface area contributed by atoms with E-state index in [2.05, 4.69) is 4.98 Å². The second-order valence-electron chi connectivity index (χ2n) is 3.60. The van der Waals surface area contributed by atoms with E-state index in [9.17, 15) is 4.79 Å². The third-order valence-corrected chi connectivity index (χ3v) is 2.86. The van der Waals surface area contributed by atoms with Crippen LogP contribution >= 0.6 is 12.2 Å². The molecule has 1 aromatic carbocycles. The molecule has 1 N–H and O–H groups in total. The summed E-state index contributed by atoms with van der Waals surface area (Å²) in [6.45, 7) is 2.05. The maximum Gasteiger partial charge on any atom is 0.251 e. The van der Waals surface area contributed by atoms with Crippen molar-refractivity contribution >= 4 is 12.2 Å². The van der Waals surface area contributed by atoms with Crippen LogP contribution in [-0.4, -0.2) is 9.55 Å². The maximum absolute atomic E-state index is 11.1. The van der Waals surface area contributed by atoms with E-state index in [4.69, 9.17) is 12.2 Å². The second-order valence-corrected chi connectivity index (χ2v) is 3.99. The molecule has 16 heavy (non-hydrogen) atoms. The molecule has 0 fully saturated rings. The lowest BCUT2D eigenvalue weighted by Crippen LogP contribution is -2.14. The molecule has 1 heterocycles. The summed E-state index contributed by atoms with van der Waals surface area (Å²) >= 11 is 5.12. The standard InChI is InChI=1S/C12H12N2OS/c1-9(10-5-3-2-4-6-10)14-8-7-11(15)13-12(14)16/h2-9H,1H3,(H,13,15,16). The third kappa shape index (κ3) is 2.12. The van der Waals surface area contributed by atoms with Gasteiger partial charge in [-0.25, -0.2) is 0 Å². The second kappa shape index (κ2) is 4.45. The Bertz CT molecular complexity index is 586.